The minimum absolute atomic E-state index is 0.00905. The van der Waals surface area contributed by atoms with Crippen LogP contribution in [0.5, 0.6) is 0 Å². The van der Waals surface area contributed by atoms with E-state index in [1.807, 2.05) is 0 Å². The molecule has 0 unspecified atom stereocenters. The van der Waals surface area contributed by atoms with Crippen molar-refractivity contribution in [2.45, 2.75) is 87.8 Å². The predicted molar refractivity (Wildman–Crippen MR) is 149 cm³/mol. The molecule has 2 aromatic carbocycles. The van der Waals surface area contributed by atoms with E-state index in [1.165, 1.54) is 12.1 Å². The molecule has 0 radical (unpaired) electrons. The van der Waals surface area contributed by atoms with Crippen molar-refractivity contribution in [3.8, 4) is 0 Å². The third-order valence-electron chi connectivity index (χ3n) is 7.55. The number of fused-ring (bicyclic) bond motifs is 1. The maximum atomic E-state index is 13.8. The van der Waals surface area contributed by atoms with Gasteiger partial charge in [-0.1, -0.05) is 57.2 Å². The molecule has 0 spiro atoms. The zero-order chi connectivity index (χ0) is 28.1. The highest BCUT2D eigenvalue weighted by Gasteiger charge is 2.50. The molecule has 4 atom stereocenters. The Morgan fingerprint density at radius 2 is 1.58 bits per heavy atom. The van der Waals surface area contributed by atoms with Crippen molar-refractivity contribution in [3.63, 3.8) is 0 Å². The molecule has 208 valence electrons. The third kappa shape index (κ3) is 5.49. The lowest BCUT2D eigenvalue weighted by Crippen LogP contribution is -2.47. The molecule has 38 heavy (non-hydrogen) atoms. The van der Waals surface area contributed by atoms with E-state index >= 15 is 0 Å². The van der Waals surface area contributed by atoms with E-state index in [-0.39, 0.29) is 22.2 Å². The van der Waals surface area contributed by atoms with Crippen LogP contribution in [0.2, 0.25) is 18.1 Å². The number of aromatic nitrogens is 1. The summed E-state index contributed by atoms with van der Waals surface area (Å²) in [4.78, 5) is 0.0954. The van der Waals surface area contributed by atoms with E-state index < -0.39 is 48.5 Å². The first-order chi connectivity index (χ1) is 17.6. The molecule has 10 heteroatoms. The molecule has 1 aromatic heterocycles. The van der Waals surface area contributed by atoms with Crippen molar-refractivity contribution in [2.75, 3.05) is 6.61 Å². The summed E-state index contributed by atoms with van der Waals surface area (Å²) in [5.41, 5.74) is 0.561. The van der Waals surface area contributed by atoms with E-state index in [0.29, 0.717) is 10.9 Å². The monoisotopic (exact) mass is 561 g/mol. The summed E-state index contributed by atoms with van der Waals surface area (Å²) in [6, 6.07) is 16.8. The van der Waals surface area contributed by atoms with Gasteiger partial charge in [0.2, 0.25) is 0 Å². The van der Waals surface area contributed by atoms with Crippen molar-refractivity contribution in [1.29, 1.82) is 0 Å². The van der Waals surface area contributed by atoms with Gasteiger partial charge >= 0.3 is 0 Å². The maximum absolute atomic E-state index is 13.8. The lowest BCUT2D eigenvalue weighted by atomic mass is 10.0. The van der Waals surface area contributed by atoms with Crippen LogP contribution in [0, 0.1) is 0 Å². The summed E-state index contributed by atoms with van der Waals surface area (Å²) in [6.07, 6.45) is -4.52. The molecule has 1 fully saturated rings. The standard InChI is InChI=1S/C28H39NO7SSi/c1-27(2,3)38(6,7)34-18-23(30)25-26(36-28(4,5)35-25)24(31)22-17-19-13-11-12-16-21(19)29(22)37(32,33)20-14-9-8-10-15-20/h8-17,23-26,30-31H,18H2,1-7H3/t23-,24+,25-,26+/m1/s1. The van der Waals surface area contributed by atoms with Crippen LogP contribution in [0.25, 0.3) is 10.9 Å². The van der Waals surface area contributed by atoms with Gasteiger partial charge in [0.1, 0.15) is 24.4 Å². The summed E-state index contributed by atoms with van der Waals surface area (Å²) in [6.45, 7) is 13.9. The molecule has 4 rings (SSSR count). The smallest absolute Gasteiger partial charge is 0.268 e. The van der Waals surface area contributed by atoms with E-state index in [2.05, 4.69) is 33.9 Å². The number of aliphatic hydroxyl groups excluding tert-OH is 2. The summed E-state index contributed by atoms with van der Waals surface area (Å²) >= 11 is 0. The van der Waals surface area contributed by atoms with Gasteiger partial charge < -0.3 is 24.1 Å². The average Bonchev–Trinajstić information content (AvgIpc) is 3.40. The van der Waals surface area contributed by atoms with Gasteiger partial charge in [0, 0.05) is 5.39 Å². The molecule has 0 amide bonds. The number of hydrogen-bond donors (Lipinski definition) is 2. The van der Waals surface area contributed by atoms with Gasteiger partial charge in [-0.3, -0.25) is 0 Å². The lowest BCUT2D eigenvalue weighted by Gasteiger charge is -2.37. The predicted octanol–water partition coefficient (Wildman–Crippen LogP) is 4.81. The van der Waals surface area contributed by atoms with Crippen molar-refractivity contribution < 1.29 is 32.5 Å². The fourth-order valence-corrected chi connectivity index (χ4v) is 7.05. The first-order valence-corrected chi connectivity index (χ1v) is 17.2. The number of aliphatic hydroxyl groups is 2. The minimum atomic E-state index is -4.06. The van der Waals surface area contributed by atoms with Gasteiger partial charge in [-0.2, -0.15) is 0 Å². The van der Waals surface area contributed by atoms with Gasteiger partial charge in [-0.05, 0) is 56.2 Å². The van der Waals surface area contributed by atoms with Crippen LogP contribution in [0.15, 0.2) is 65.6 Å². The third-order valence-corrected chi connectivity index (χ3v) is 13.8. The topological polar surface area (TPSA) is 107 Å². The summed E-state index contributed by atoms with van der Waals surface area (Å²) < 4.78 is 47.1. The Morgan fingerprint density at radius 1 is 1.00 bits per heavy atom. The first-order valence-electron chi connectivity index (χ1n) is 12.8. The minimum Gasteiger partial charge on any atom is -0.414 e. The molecule has 1 saturated heterocycles. The summed E-state index contributed by atoms with van der Waals surface area (Å²) in [5.74, 6) is -1.11. The summed E-state index contributed by atoms with van der Waals surface area (Å²) in [5, 5.41) is 23.5. The van der Waals surface area contributed by atoms with E-state index in [1.54, 1.807) is 62.4 Å². The van der Waals surface area contributed by atoms with Gasteiger partial charge in [0.15, 0.2) is 14.1 Å². The second-order valence-corrected chi connectivity index (χ2v) is 18.5. The second-order valence-electron chi connectivity index (χ2n) is 11.9. The van der Waals surface area contributed by atoms with Crippen LogP contribution in [-0.2, 0) is 23.9 Å². The fourth-order valence-electron chi connectivity index (χ4n) is 4.46. The van der Waals surface area contributed by atoms with Gasteiger partial charge in [0.05, 0.1) is 22.7 Å². The largest absolute Gasteiger partial charge is 0.414 e. The van der Waals surface area contributed by atoms with Crippen LogP contribution in [0.3, 0.4) is 0 Å². The Kier molecular flexibility index (Phi) is 7.74. The average molecular weight is 562 g/mol. The number of ether oxygens (including phenoxy) is 2. The fraction of sp³-hybridized carbons (Fsp3) is 0.500. The van der Waals surface area contributed by atoms with Crippen molar-refractivity contribution in [1.82, 2.24) is 3.97 Å². The van der Waals surface area contributed by atoms with Crippen LogP contribution in [-0.4, -0.2) is 61.6 Å². The van der Waals surface area contributed by atoms with Crippen molar-refractivity contribution >= 4 is 29.2 Å². The first kappa shape index (κ1) is 28.9. The number of hydrogen-bond acceptors (Lipinski definition) is 7. The normalized spacial score (nSPS) is 22.0. The van der Waals surface area contributed by atoms with Crippen LogP contribution in [0.1, 0.15) is 46.4 Å². The molecule has 2 N–H and O–H groups in total. The van der Waals surface area contributed by atoms with Gasteiger partial charge in [-0.15, -0.1) is 0 Å². The number of benzene rings is 2. The Labute approximate surface area is 226 Å². The molecule has 1 aliphatic heterocycles. The zero-order valence-corrected chi connectivity index (χ0v) is 24.9. The van der Waals surface area contributed by atoms with Crippen molar-refractivity contribution in [3.05, 3.63) is 66.4 Å². The highest BCUT2D eigenvalue weighted by molar-refractivity contribution is 7.90. The van der Waals surface area contributed by atoms with Crippen LogP contribution in [0.4, 0.5) is 0 Å². The summed E-state index contributed by atoms with van der Waals surface area (Å²) in [7, 11) is -6.22. The van der Waals surface area contributed by atoms with E-state index in [9.17, 15) is 18.6 Å². The quantitative estimate of drug-likeness (QED) is 0.380. The molecule has 1 aliphatic rings. The maximum Gasteiger partial charge on any atom is 0.268 e. The van der Waals surface area contributed by atoms with Gasteiger partial charge in [0.25, 0.3) is 10.0 Å². The highest BCUT2D eigenvalue weighted by Crippen LogP contribution is 2.41. The molecule has 0 saturated carbocycles. The molecule has 0 bridgehead atoms. The number of rotatable bonds is 8. The van der Waals surface area contributed by atoms with Crippen LogP contribution < -0.4 is 0 Å². The van der Waals surface area contributed by atoms with Crippen LogP contribution >= 0.6 is 0 Å². The Balaban J connectivity index is 1.73. The Hall–Kier alpha value is -2.05. The SMILES string of the molecule is CC1(C)O[C@@H]([C@@H](O)c2cc3ccccc3n2S(=O)(=O)c2ccccc2)[C@@H]([C@H](O)CO[Si](C)(C)C(C)(C)C)O1. The van der Waals surface area contributed by atoms with E-state index in [4.69, 9.17) is 13.9 Å². The Morgan fingerprint density at radius 3 is 2.21 bits per heavy atom. The molecule has 3 aromatic rings. The number of nitrogens with zero attached hydrogens (tertiary/aromatic N) is 1. The van der Waals surface area contributed by atoms with Crippen molar-refractivity contribution in [2.24, 2.45) is 0 Å². The lowest BCUT2D eigenvalue weighted by molar-refractivity contribution is -0.162. The molecular weight excluding hydrogens is 522 g/mol. The number of para-hydroxylation sites is 1. The molecule has 8 nitrogen and oxygen atoms in total. The second kappa shape index (κ2) is 10.2. The highest BCUT2D eigenvalue weighted by atomic mass is 32.2. The van der Waals surface area contributed by atoms with E-state index in [0.717, 1.165) is 3.97 Å². The zero-order valence-electron chi connectivity index (χ0n) is 23.1. The molecule has 0 aliphatic carbocycles. The van der Waals surface area contributed by atoms with Gasteiger partial charge in [-0.25, -0.2) is 12.4 Å². The molecule has 2 heterocycles. The Bertz CT molecular complexity index is 1380. The molecular formula is C28H39NO7SSi.